The van der Waals surface area contributed by atoms with Crippen molar-refractivity contribution in [2.45, 2.75) is 25.7 Å². The predicted octanol–water partition coefficient (Wildman–Crippen LogP) is 3.63. The molecule has 5 nitrogen and oxygen atoms in total. The van der Waals surface area contributed by atoms with Crippen LogP contribution in [0, 0.1) is 12.8 Å². The van der Waals surface area contributed by atoms with E-state index >= 15 is 0 Å². The third kappa shape index (κ3) is 2.26. The van der Waals surface area contributed by atoms with Crippen LogP contribution in [0.5, 0.6) is 11.5 Å². The Balaban J connectivity index is 1.54. The Morgan fingerprint density at radius 3 is 2.80 bits per heavy atom. The van der Waals surface area contributed by atoms with Gasteiger partial charge in [-0.1, -0.05) is 6.07 Å². The van der Waals surface area contributed by atoms with Crippen LogP contribution in [0.15, 0.2) is 30.5 Å². The van der Waals surface area contributed by atoms with Crippen molar-refractivity contribution in [3.8, 4) is 22.6 Å². The van der Waals surface area contributed by atoms with Gasteiger partial charge in [-0.15, -0.1) is 10.2 Å². The van der Waals surface area contributed by atoms with E-state index in [2.05, 4.69) is 10.2 Å². The zero-order valence-electron chi connectivity index (χ0n) is 13.5. The molecule has 0 saturated heterocycles. The maximum Gasteiger partial charge on any atom is 0.252 e. The molecule has 3 heterocycles. The van der Waals surface area contributed by atoms with E-state index in [1.54, 1.807) is 4.40 Å². The van der Waals surface area contributed by atoms with Crippen molar-refractivity contribution < 1.29 is 18.3 Å². The number of hydrogen-bond donors (Lipinski definition) is 0. The van der Waals surface area contributed by atoms with Crippen molar-refractivity contribution in [3.05, 3.63) is 41.9 Å². The summed E-state index contributed by atoms with van der Waals surface area (Å²) in [6.45, 7) is 2.19. The number of fused-ring (bicyclic) bond motifs is 2. The van der Waals surface area contributed by atoms with Crippen LogP contribution in [0.3, 0.4) is 0 Å². The molecule has 0 spiro atoms. The van der Waals surface area contributed by atoms with Gasteiger partial charge in [0, 0.05) is 30.5 Å². The molecule has 1 fully saturated rings. The Bertz CT molecular complexity index is 999. The Morgan fingerprint density at radius 2 is 2.00 bits per heavy atom. The Morgan fingerprint density at radius 1 is 1.20 bits per heavy atom. The number of rotatable bonds is 3. The summed E-state index contributed by atoms with van der Waals surface area (Å²) in [5.41, 5.74) is 3.63. The molecule has 25 heavy (non-hydrogen) atoms. The second-order valence-corrected chi connectivity index (χ2v) is 6.60. The molecule has 0 N–H and O–H groups in total. The van der Waals surface area contributed by atoms with Crippen LogP contribution >= 0.6 is 0 Å². The average molecular weight is 343 g/mol. The van der Waals surface area contributed by atoms with Crippen molar-refractivity contribution in [1.29, 1.82) is 0 Å². The quantitative estimate of drug-likeness (QED) is 0.729. The summed E-state index contributed by atoms with van der Waals surface area (Å²) in [6.07, 6.45) is 2.03. The topological polar surface area (TPSA) is 48.7 Å². The van der Waals surface area contributed by atoms with Crippen LogP contribution in [0.1, 0.15) is 17.8 Å². The smallest absolute Gasteiger partial charge is 0.252 e. The van der Waals surface area contributed by atoms with E-state index in [-0.39, 0.29) is 19.6 Å². The molecule has 1 saturated carbocycles. The molecule has 2 aromatic heterocycles. The van der Waals surface area contributed by atoms with Crippen LogP contribution in [0.25, 0.3) is 16.8 Å². The third-order valence-electron chi connectivity index (χ3n) is 4.96. The molecule has 0 unspecified atom stereocenters. The van der Waals surface area contributed by atoms with Crippen LogP contribution in [-0.2, 0) is 6.42 Å². The molecule has 1 aliphatic heterocycles. The monoisotopic (exact) mass is 343 g/mol. The zero-order chi connectivity index (χ0) is 17.2. The minimum atomic E-state index is -2.55. The molecule has 0 bridgehead atoms. The van der Waals surface area contributed by atoms with Crippen molar-refractivity contribution in [2.75, 3.05) is 6.79 Å². The minimum absolute atomic E-state index is 0.0593. The van der Waals surface area contributed by atoms with Crippen molar-refractivity contribution in [3.63, 3.8) is 0 Å². The Hall–Kier alpha value is -2.70. The fraction of sp³-hybridized carbons (Fsp3) is 0.333. The number of aromatic nitrogens is 3. The average Bonchev–Trinajstić information content (AvgIpc) is 2.98. The summed E-state index contributed by atoms with van der Waals surface area (Å²) < 4.78 is 38.9. The summed E-state index contributed by atoms with van der Waals surface area (Å²) in [6, 6.07) is 7.74. The molecule has 0 amide bonds. The largest absolute Gasteiger partial charge is 0.454 e. The van der Waals surface area contributed by atoms with Gasteiger partial charge in [-0.3, -0.25) is 4.40 Å². The van der Waals surface area contributed by atoms with Crippen molar-refractivity contribution in [2.24, 2.45) is 5.92 Å². The van der Waals surface area contributed by atoms with Crippen molar-refractivity contribution >= 4 is 5.65 Å². The van der Waals surface area contributed by atoms with E-state index in [1.807, 2.05) is 37.4 Å². The number of pyridine rings is 1. The van der Waals surface area contributed by atoms with Gasteiger partial charge in [-0.25, -0.2) is 8.78 Å². The molecule has 2 aliphatic rings. The molecule has 1 aliphatic carbocycles. The van der Waals surface area contributed by atoms with E-state index in [9.17, 15) is 8.78 Å². The first kappa shape index (κ1) is 14.6. The van der Waals surface area contributed by atoms with Gasteiger partial charge in [0.15, 0.2) is 17.1 Å². The lowest BCUT2D eigenvalue weighted by Gasteiger charge is -2.09. The van der Waals surface area contributed by atoms with Crippen LogP contribution in [-0.4, -0.2) is 27.3 Å². The highest BCUT2D eigenvalue weighted by molar-refractivity contribution is 5.75. The van der Waals surface area contributed by atoms with Gasteiger partial charge in [0.25, 0.3) is 5.92 Å². The van der Waals surface area contributed by atoms with Gasteiger partial charge >= 0.3 is 0 Å². The molecule has 3 aromatic rings. The van der Waals surface area contributed by atoms with E-state index in [0.29, 0.717) is 11.5 Å². The number of halogens is 2. The summed E-state index contributed by atoms with van der Waals surface area (Å²) in [5, 5.41) is 8.35. The number of aryl methyl sites for hydroxylation is 1. The molecule has 128 valence electrons. The van der Waals surface area contributed by atoms with Crippen molar-refractivity contribution in [1.82, 2.24) is 14.6 Å². The third-order valence-corrected chi connectivity index (χ3v) is 4.96. The number of alkyl halides is 2. The van der Waals surface area contributed by atoms with E-state index < -0.39 is 11.8 Å². The molecule has 7 heteroatoms. The maximum absolute atomic E-state index is 13.2. The number of hydrogen-bond acceptors (Lipinski definition) is 4. The summed E-state index contributed by atoms with van der Waals surface area (Å²) in [7, 11) is 0. The lowest BCUT2D eigenvalue weighted by molar-refractivity contribution is 0.0984. The van der Waals surface area contributed by atoms with Gasteiger partial charge in [-0.2, -0.15) is 0 Å². The highest BCUT2D eigenvalue weighted by Crippen LogP contribution is 2.50. The van der Waals surface area contributed by atoms with E-state index in [0.717, 1.165) is 28.2 Å². The maximum atomic E-state index is 13.2. The number of ether oxygens (including phenoxy) is 2. The first-order chi connectivity index (χ1) is 12.0. The minimum Gasteiger partial charge on any atom is -0.454 e. The summed E-state index contributed by atoms with van der Waals surface area (Å²) in [4.78, 5) is 0. The lowest BCUT2D eigenvalue weighted by Crippen LogP contribution is -2.02. The zero-order valence-corrected chi connectivity index (χ0v) is 13.5. The molecule has 1 atom stereocenters. The predicted molar refractivity (Wildman–Crippen MR) is 86.0 cm³/mol. The SMILES string of the molecule is Cc1c(-c2ccc3c(c2)OCO3)ccn2c(C[C@@H]3CC3(F)F)nnc12. The van der Waals surface area contributed by atoms with Crippen LogP contribution < -0.4 is 9.47 Å². The molecular weight excluding hydrogens is 328 g/mol. The molecule has 5 rings (SSSR count). The summed E-state index contributed by atoms with van der Waals surface area (Å²) in [5.74, 6) is -1.13. The molecule has 1 aromatic carbocycles. The van der Waals surface area contributed by atoms with Gasteiger partial charge < -0.3 is 9.47 Å². The van der Waals surface area contributed by atoms with Gasteiger partial charge in [0.2, 0.25) is 6.79 Å². The van der Waals surface area contributed by atoms with Crippen LogP contribution in [0.4, 0.5) is 8.78 Å². The molecule has 0 radical (unpaired) electrons. The first-order valence-electron chi connectivity index (χ1n) is 8.14. The highest BCUT2D eigenvalue weighted by atomic mass is 19.3. The Labute approximate surface area is 142 Å². The van der Waals surface area contributed by atoms with Gasteiger partial charge in [0.05, 0.1) is 0 Å². The van der Waals surface area contributed by atoms with E-state index in [1.165, 1.54) is 0 Å². The fourth-order valence-electron chi connectivity index (χ4n) is 3.36. The van der Waals surface area contributed by atoms with Gasteiger partial charge in [-0.05, 0) is 36.2 Å². The highest BCUT2D eigenvalue weighted by Gasteiger charge is 2.56. The normalized spacial score (nSPS) is 20.2. The number of nitrogens with zero attached hydrogens (tertiary/aromatic N) is 3. The van der Waals surface area contributed by atoms with Gasteiger partial charge in [0.1, 0.15) is 5.82 Å². The molecular formula is C18H15F2N3O2. The standard InChI is InChI=1S/C18H15F2N3O2/c1-10-13(11-2-3-14-15(6-11)25-9-24-14)4-5-23-16(21-22-17(10)23)7-12-8-18(12,19)20/h2-6,12H,7-9H2,1H3/t12-/m1/s1. The fourth-order valence-corrected chi connectivity index (χ4v) is 3.36. The lowest BCUT2D eigenvalue weighted by atomic mass is 10.0. The Kier molecular flexibility index (Phi) is 2.87. The summed E-state index contributed by atoms with van der Waals surface area (Å²) >= 11 is 0. The van der Waals surface area contributed by atoms with Crippen LogP contribution in [0.2, 0.25) is 0 Å². The van der Waals surface area contributed by atoms with E-state index in [4.69, 9.17) is 9.47 Å². The first-order valence-corrected chi connectivity index (χ1v) is 8.14. The second-order valence-electron chi connectivity index (χ2n) is 6.60. The second kappa shape index (κ2) is 4.91. The number of benzene rings is 1.